The van der Waals surface area contributed by atoms with E-state index in [1.165, 1.54) is 4.68 Å². The second-order valence-electron chi connectivity index (χ2n) is 3.77. The average Bonchev–Trinajstić information content (AvgIpc) is 2.76. The molecule has 0 saturated carbocycles. The molecule has 5 nitrogen and oxygen atoms in total. The van der Waals surface area contributed by atoms with Crippen molar-refractivity contribution in [1.29, 1.82) is 0 Å². The van der Waals surface area contributed by atoms with Crippen molar-refractivity contribution in [3.8, 4) is 5.69 Å². The first-order valence-electron chi connectivity index (χ1n) is 5.26. The highest BCUT2D eigenvalue weighted by Crippen LogP contribution is 2.24. The number of aryl methyl sites for hydroxylation is 1. The predicted molar refractivity (Wildman–Crippen MR) is 73.5 cm³/mol. The van der Waals surface area contributed by atoms with Crippen molar-refractivity contribution in [1.82, 2.24) is 14.8 Å². The molecule has 1 aromatic heterocycles. The van der Waals surface area contributed by atoms with Gasteiger partial charge in [-0.1, -0.05) is 23.2 Å². The van der Waals surface area contributed by atoms with E-state index in [0.717, 1.165) is 0 Å². The molecule has 0 aliphatic rings. The summed E-state index contributed by atoms with van der Waals surface area (Å²) in [6, 6.07) is 4.87. The zero-order chi connectivity index (χ0) is 14.2. The molecule has 2 rings (SSSR count). The van der Waals surface area contributed by atoms with E-state index in [4.69, 9.17) is 23.2 Å². The Morgan fingerprint density at radius 3 is 2.58 bits per heavy atom. The van der Waals surface area contributed by atoms with Gasteiger partial charge < -0.3 is 0 Å². The molecule has 0 atom stereocenters. The van der Waals surface area contributed by atoms with Crippen molar-refractivity contribution in [2.75, 3.05) is 5.75 Å². The summed E-state index contributed by atoms with van der Waals surface area (Å²) in [6.07, 6.45) is 0. The summed E-state index contributed by atoms with van der Waals surface area (Å²) < 4.78 is 24.7. The Balaban J connectivity index is 2.55. The SMILES string of the molecule is [CH2]CS(=O)(=O)c1nc(C)n(-c2ccc(Cl)c(Cl)c2)n1. The molecule has 0 aliphatic carbocycles. The van der Waals surface area contributed by atoms with Gasteiger partial charge in [0.25, 0.3) is 5.16 Å². The molecular formula is C11H10Cl2N3O2S. The van der Waals surface area contributed by atoms with Gasteiger partial charge in [-0.15, -0.1) is 5.10 Å². The second kappa shape index (κ2) is 5.11. The number of rotatable bonds is 3. The number of halogens is 2. The molecule has 0 aliphatic heterocycles. The van der Waals surface area contributed by atoms with E-state index in [1.807, 2.05) is 0 Å². The summed E-state index contributed by atoms with van der Waals surface area (Å²) in [5.74, 6) is 0.142. The van der Waals surface area contributed by atoms with Crippen LogP contribution in [0.4, 0.5) is 0 Å². The summed E-state index contributed by atoms with van der Waals surface area (Å²) >= 11 is 11.7. The van der Waals surface area contributed by atoms with Gasteiger partial charge in [-0.25, -0.2) is 18.1 Å². The molecule has 0 fully saturated rings. The van der Waals surface area contributed by atoms with E-state index in [1.54, 1.807) is 25.1 Å². The summed E-state index contributed by atoms with van der Waals surface area (Å²) in [5, 5.41) is 4.49. The third kappa shape index (κ3) is 2.75. The Kier molecular flexibility index (Phi) is 3.85. The molecule has 19 heavy (non-hydrogen) atoms. The Morgan fingerprint density at radius 2 is 2.00 bits per heavy atom. The van der Waals surface area contributed by atoms with Gasteiger partial charge in [0.2, 0.25) is 9.84 Å². The minimum absolute atomic E-state index is 0.244. The van der Waals surface area contributed by atoms with Gasteiger partial charge in [0.15, 0.2) is 0 Å². The first kappa shape index (κ1) is 14.3. The van der Waals surface area contributed by atoms with Crippen LogP contribution >= 0.6 is 23.2 Å². The molecule has 0 amide bonds. The molecule has 0 bridgehead atoms. The molecule has 2 aromatic rings. The van der Waals surface area contributed by atoms with Gasteiger partial charge in [-0.2, -0.15) is 0 Å². The second-order valence-corrected chi connectivity index (χ2v) is 6.59. The van der Waals surface area contributed by atoms with Crippen LogP contribution in [-0.4, -0.2) is 28.9 Å². The summed E-state index contributed by atoms with van der Waals surface area (Å²) in [6.45, 7) is 5.01. The predicted octanol–water partition coefficient (Wildman–Crippen LogP) is 2.49. The van der Waals surface area contributed by atoms with E-state index < -0.39 is 9.84 Å². The van der Waals surface area contributed by atoms with Crippen LogP contribution in [0, 0.1) is 13.8 Å². The van der Waals surface area contributed by atoms with Crippen LogP contribution in [0.2, 0.25) is 10.0 Å². The molecular weight excluding hydrogens is 309 g/mol. The fraction of sp³-hybridized carbons (Fsp3) is 0.182. The monoisotopic (exact) mass is 318 g/mol. The summed E-state index contributed by atoms with van der Waals surface area (Å²) in [4.78, 5) is 3.93. The van der Waals surface area contributed by atoms with Gasteiger partial charge in [-0.05, 0) is 32.0 Å². The Hall–Kier alpha value is -1.11. The highest BCUT2D eigenvalue weighted by atomic mass is 35.5. The number of nitrogens with zero attached hydrogens (tertiary/aromatic N) is 3. The first-order chi connectivity index (χ1) is 8.85. The lowest BCUT2D eigenvalue weighted by Crippen LogP contribution is -2.07. The van der Waals surface area contributed by atoms with Crippen LogP contribution in [-0.2, 0) is 9.84 Å². The van der Waals surface area contributed by atoms with Crippen LogP contribution < -0.4 is 0 Å². The van der Waals surface area contributed by atoms with Gasteiger partial charge in [-0.3, -0.25) is 0 Å². The van der Waals surface area contributed by atoms with E-state index in [0.29, 0.717) is 21.6 Å². The molecule has 0 spiro atoms. The smallest absolute Gasteiger partial charge is 0.220 e. The van der Waals surface area contributed by atoms with Crippen LogP contribution in [0.15, 0.2) is 23.4 Å². The lowest BCUT2D eigenvalue weighted by Gasteiger charge is -2.04. The lowest BCUT2D eigenvalue weighted by atomic mass is 10.3. The zero-order valence-electron chi connectivity index (χ0n) is 9.97. The molecule has 1 heterocycles. The number of sulfone groups is 1. The van der Waals surface area contributed by atoms with Crippen LogP contribution in [0.1, 0.15) is 5.82 Å². The minimum atomic E-state index is -3.54. The van der Waals surface area contributed by atoms with Crippen molar-refractivity contribution < 1.29 is 8.42 Å². The average molecular weight is 319 g/mol. The number of hydrogen-bond donors (Lipinski definition) is 0. The molecule has 0 saturated heterocycles. The normalized spacial score (nSPS) is 11.8. The number of benzene rings is 1. The fourth-order valence-corrected chi connectivity index (χ4v) is 2.40. The molecule has 0 unspecified atom stereocenters. The largest absolute Gasteiger partial charge is 0.267 e. The van der Waals surface area contributed by atoms with E-state index in [9.17, 15) is 8.42 Å². The van der Waals surface area contributed by atoms with Crippen molar-refractivity contribution in [2.24, 2.45) is 0 Å². The van der Waals surface area contributed by atoms with Crippen molar-refractivity contribution >= 4 is 33.0 Å². The maximum absolute atomic E-state index is 11.7. The van der Waals surface area contributed by atoms with Crippen molar-refractivity contribution in [3.05, 3.63) is 41.0 Å². The van der Waals surface area contributed by atoms with E-state index in [2.05, 4.69) is 17.0 Å². The van der Waals surface area contributed by atoms with Gasteiger partial charge in [0.05, 0.1) is 21.5 Å². The van der Waals surface area contributed by atoms with Crippen LogP contribution in [0.5, 0.6) is 0 Å². The number of aromatic nitrogens is 3. The Bertz CT molecular complexity index is 726. The maximum atomic E-state index is 11.7. The van der Waals surface area contributed by atoms with Gasteiger partial charge in [0.1, 0.15) is 5.82 Å². The fourth-order valence-electron chi connectivity index (χ4n) is 1.45. The highest BCUT2D eigenvalue weighted by molar-refractivity contribution is 7.91. The third-order valence-electron chi connectivity index (χ3n) is 2.44. The molecule has 1 aromatic carbocycles. The standard InChI is InChI=1S/C11H10Cl2N3O2S/c1-3-19(17,18)11-14-7(2)16(15-11)8-4-5-9(12)10(13)6-8/h4-6H,1,3H2,2H3. The van der Waals surface area contributed by atoms with Crippen LogP contribution in [0.3, 0.4) is 0 Å². The van der Waals surface area contributed by atoms with E-state index in [-0.39, 0.29) is 10.9 Å². The van der Waals surface area contributed by atoms with Gasteiger partial charge in [0, 0.05) is 0 Å². The van der Waals surface area contributed by atoms with Crippen molar-refractivity contribution in [2.45, 2.75) is 12.1 Å². The first-order valence-corrected chi connectivity index (χ1v) is 7.67. The highest BCUT2D eigenvalue weighted by Gasteiger charge is 2.20. The van der Waals surface area contributed by atoms with E-state index >= 15 is 0 Å². The quantitative estimate of drug-likeness (QED) is 0.872. The van der Waals surface area contributed by atoms with Gasteiger partial charge >= 0.3 is 0 Å². The minimum Gasteiger partial charge on any atom is -0.220 e. The Morgan fingerprint density at radius 1 is 1.32 bits per heavy atom. The van der Waals surface area contributed by atoms with Crippen molar-refractivity contribution in [3.63, 3.8) is 0 Å². The maximum Gasteiger partial charge on any atom is 0.267 e. The summed E-state index contributed by atoms with van der Waals surface area (Å²) in [5.41, 5.74) is 0.588. The zero-order valence-corrected chi connectivity index (χ0v) is 12.3. The molecule has 1 radical (unpaired) electrons. The topological polar surface area (TPSA) is 64.8 Å². The molecule has 0 N–H and O–H groups in total. The Labute approximate surface area is 121 Å². The number of hydrogen-bond acceptors (Lipinski definition) is 4. The van der Waals surface area contributed by atoms with Crippen LogP contribution in [0.25, 0.3) is 5.69 Å². The summed E-state index contributed by atoms with van der Waals surface area (Å²) in [7, 11) is -3.54. The molecule has 8 heteroatoms. The molecule has 101 valence electrons. The lowest BCUT2D eigenvalue weighted by molar-refractivity contribution is 0.589. The third-order valence-corrected chi connectivity index (χ3v) is 4.45.